The molecule has 0 aliphatic rings. The van der Waals surface area contributed by atoms with E-state index >= 15 is 0 Å². The van der Waals surface area contributed by atoms with E-state index in [1.165, 1.54) is 38.5 Å². The van der Waals surface area contributed by atoms with Crippen LogP contribution in [0.25, 0.3) is 0 Å². The van der Waals surface area contributed by atoms with Gasteiger partial charge in [0.1, 0.15) is 0 Å². The second-order valence-electron chi connectivity index (χ2n) is 8.21. The van der Waals surface area contributed by atoms with Crippen LogP contribution in [0.5, 0.6) is 0 Å². The number of hydrogen-bond acceptors (Lipinski definition) is 3. The fourth-order valence-corrected chi connectivity index (χ4v) is 3.02. The average Bonchev–Trinajstić information content (AvgIpc) is 2.61. The van der Waals surface area contributed by atoms with E-state index in [2.05, 4.69) is 6.92 Å². The molecule has 1 rings (SSSR count). The molecule has 0 amide bonds. The first-order valence-corrected chi connectivity index (χ1v) is 11.3. The van der Waals surface area contributed by atoms with Crippen LogP contribution < -0.4 is 0 Å². The van der Waals surface area contributed by atoms with Crippen LogP contribution >= 0.6 is 0 Å². The van der Waals surface area contributed by atoms with Crippen molar-refractivity contribution >= 4 is 0 Å². The Morgan fingerprint density at radius 2 is 0.857 bits per heavy atom. The van der Waals surface area contributed by atoms with Gasteiger partial charge in [-0.3, -0.25) is 0 Å². The SMILES string of the molecule is CCCCCCCCCC(OC(C)C)(OC(C)C)OC(C)C.c1ccccc1. The zero-order chi connectivity index (χ0) is 21.3. The molecule has 0 spiro atoms. The Labute approximate surface area is 175 Å². The van der Waals surface area contributed by atoms with Crippen molar-refractivity contribution in [2.75, 3.05) is 0 Å². The average molecular weight is 395 g/mol. The minimum atomic E-state index is -0.889. The molecule has 28 heavy (non-hydrogen) atoms. The standard InChI is InChI=1S/C19H40O3.C6H6/c1-8-9-10-11-12-13-14-15-19(20-16(2)3,21-17(4)5)22-18(6)7;1-2-4-6-5-3-1/h16-18H,8-15H2,1-7H3;1-6H. The zero-order valence-corrected chi connectivity index (χ0v) is 19.6. The van der Waals surface area contributed by atoms with Crippen LogP contribution in [0.4, 0.5) is 0 Å². The highest BCUT2D eigenvalue weighted by Gasteiger charge is 2.36. The summed E-state index contributed by atoms with van der Waals surface area (Å²) < 4.78 is 18.2. The molecule has 0 saturated carbocycles. The first kappa shape index (κ1) is 27.1. The van der Waals surface area contributed by atoms with Gasteiger partial charge in [-0.15, -0.1) is 0 Å². The smallest absolute Gasteiger partial charge is 0.283 e. The van der Waals surface area contributed by atoms with Crippen LogP contribution in [-0.2, 0) is 14.2 Å². The maximum Gasteiger partial charge on any atom is 0.283 e. The Morgan fingerprint density at radius 3 is 1.18 bits per heavy atom. The molecule has 3 heteroatoms. The van der Waals surface area contributed by atoms with Crippen molar-refractivity contribution in [1.82, 2.24) is 0 Å². The van der Waals surface area contributed by atoms with Crippen molar-refractivity contribution in [3.63, 3.8) is 0 Å². The molecule has 0 bridgehead atoms. The summed E-state index contributed by atoms with van der Waals surface area (Å²) in [5.41, 5.74) is 0. The van der Waals surface area contributed by atoms with E-state index in [0.717, 1.165) is 12.8 Å². The van der Waals surface area contributed by atoms with E-state index < -0.39 is 5.97 Å². The predicted octanol–water partition coefficient (Wildman–Crippen LogP) is 7.74. The van der Waals surface area contributed by atoms with Crippen molar-refractivity contribution in [2.24, 2.45) is 0 Å². The Morgan fingerprint density at radius 1 is 0.536 bits per heavy atom. The fraction of sp³-hybridized carbons (Fsp3) is 0.760. The normalized spacial score (nSPS) is 11.8. The third-order valence-corrected chi connectivity index (χ3v) is 4.00. The molecular formula is C25H46O3. The first-order valence-electron chi connectivity index (χ1n) is 11.3. The molecule has 0 radical (unpaired) electrons. The molecule has 0 aromatic heterocycles. The molecule has 0 aliphatic heterocycles. The molecule has 0 unspecified atom stereocenters. The summed E-state index contributed by atoms with van der Waals surface area (Å²) in [6.07, 6.45) is 10.00. The third kappa shape index (κ3) is 16.1. The van der Waals surface area contributed by atoms with Crippen molar-refractivity contribution in [3.8, 4) is 0 Å². The number of hydrogen-bond donors (Lipinski definition) is 0. The minimum absolute atomic E-state index is 0.0852. The van der Waals surface area contributed by atoms with E-state index in [-0.39, 0.29) is 18.3 Å². The summed E-state index contributed by atoms with van der Waals surface area (Å²) in [7, 11) is 0. The number of unbranched alkanes of at least 4 members (excludes halogenated alkanes) is 6. The molecule has 1 aromatic rings. The lowest BCUT2D eigenvalue weighted by Crippen LogP contribution is -2.44. The summed E-state index contributed by atoms with van der Waals surface area (Å²) in [4.78, 5) is 0. The van der Waals surface area contributed by atoms with E-state index in [1.54, 1.807) is 0 Å². The Kier molecular flexibility index (Phi) is 16.5. The first-order chi connectivity index (χ1) is 13.3. The second kappa shape index (κ2) is 17.0. The zero-order valence-electron chi connectivity index (χ0n) is 19.6. The van der Waals surface area contributed by atoms with E-state index in [9.17, 15) is 0 Å². The van der Waals surface area contributed by atoms with Gasteiger partial charge in [-0.2, -0.15) is 0 Å². The summed E-state index contributed by atoms with van der Waals surface area (Å²) in [6.45, 7) is 14.5. The Hall–Kier alpha value is -0.900. The molecular weight excluding hydrogens is 348 g/mol. The molecule has 0 atom stereocenters. The van der Waals surface area contributed by atoms with Crippen LogP contribution in [0, 0.1) is 0 Å². The topological polar surface area (TPSA) is 27.7 Å². The van der Waals surface area contributed by atoms with Gasteiger partial charge < -0.3 is 14.2 Å². The summed E-state index contributed by atoms with van der Waals surface area (Å²) in [6, 6.07) is 12.0. The Balaban J connectivity index is 0.00000102. The number of ether oxygens (including phenoxy) is 3. The van der Waals surface area contributed by atoms with Crippen molar-refractivity contribution in [3.05, 3.63) is 36.4 Å². The molecule has 0 saturated heterocycles. The maximum atomic E-state index is 6.06. The highest BCUT2D eigenvalue weighted by atomic mass is 16.9. The predicted molar refractivity (Wildman–Crippen MR) is 120 cm³/mol. The van der Waals surface area contributed by atoms with Gasteiger partial charge in [0, 0.05) is 6.42 Å². The molecule has 0 fully saturated rings. The van der Waals surface area contributed by atoms with Crippen molar-refractivity contribution < 1.29 is 14.2 Å². The summed E-state index contributed by atoms with van der Waals surface area (Å²) in [5.74, 6) is -0.889. The monoisotopic (exact) mass is 394 g/mol. The van der Waals surface area contributed by atoms with Gasteiger partial charge in [0.2, 0.25) is 0 Å². The highest BCUT2D eigenvalue weighted by Crippen LogP contribution is 2.28. The van der Waals surface area contributed by atoms with E-state index in [0.29, 0.717) is 0 Å². The lowest BCUT2D eigenvalue weighted by atomic mass is 10.1. The van der Waals surface area contributed by atoms with E-state index in [1.807, 2.05) is 77.9 Å². The van der Waals surface area contributed by atoms with Gasteiger partial charge in [0.05, 0.1) is 18.3 Å². The molecule has 0 aliphatic carbocycles. The number of rotatable bonds is 14. The molecule has 164 valence electrons. The van der Waals surface area contributed by atoms with Gasteiger partial charge in [-0.1, -0.05) is 81.8 Å². The van der Waals surface area contributed by atoms with Gasteiger partial charge in [-0.25, -0.2) is 0 Å². The molecule has 0 heterocycles. The third-order valence-electron chi connectivity index (χ3n) is 4.00. The fourth-order valence-electron chi connectivity index (χ4n) is 3.02. The lowest BCUT2D eigenvalue weighted by Gasteiger charge is -2.37. The Bertz CT molecular complexity index is 375. The summed E-state index contributed by atoms with van der Waals surface area (Å²) in [5, 5.41) is 0. The molecule has 1 aromatic carbocycles. The van der Waals surface area contributed by atoms with Crippen LogP contribution in [0.15, 0.2) is 36.4 Å². The van der Waals surface area contributed by atoms with Gasteiger partial charge in [0.25, 0.3) is 5.97 Å². The lowest BCUT2D eigenvalue weighted by molar-refractivity contribution is -0.412. The largest absolute Gasteiger partial charge is 0.325 e. The van der Waals surface area contributed by atoms with Crippen LogP contribution in [-0.4, -0.2) is 24.3 Å². The van der Waals surface area contributed by atoms with Crippen molar-refractivity contribution in [2.45, 2.75) is 124 Å². The van der Waals surface area contributed by atoms with E-state index in [4.69, 9.17) is 14.2 Å². The van der Waals surface area contributed by atoms with Gasteiger partial charge in [-0.05, 0) is 48.0 Å². The quantitative estimate of drug-likeness (QED) is 0.238. The number of benzene rings is 1. The second-order valence-corrected chi connectivity index (χ2v) is 8.21. The van der Waals surface area contributed by atoms with Crippen LogP contribution in [0.3, 0.4) is 0 Å². The van der Waals surface area contributed by atoms with Crippen molar-refractivity contribution in [1.29, 1.82) is 0 Å². The highest BCUT2D eigenvalue weighted by molar-refractivity contribution is 4.99. The molecule has 3 nitrogen and oxygen atoms in total. The van der Waals surface area contributed by atoms with Gasteiger partial charge in [0.15, 0.2) is 0 Å². The maximum absolute atomic E-state index is 6.06. The van der Waals surface area contributed by atoms with Gasteiger partial charge >= 0.3 is 0 Å². The van der Waals surface area contributed by atoms with Crippen LogP contribution in [0.1, 0.15) is 99.8 Å². The minimum Gasteiger partial charge on any atom is -0.325 e. The summed E-state index contributed by atoms with van der Waals surface area (Å²) >= 11 is 0. The van der Waals surface area contributed by atoms with Crippen LogP contribution in [0.2, 0.25) is 0 Å². The molecule has 0 N–H and O–H groups in total.